The van der Waals surface area contributed by atoms with E-state index in [0.717, 1.165) is 25.3 Å². The molecule has 2 aromatic carbocycles. The number of nitrogens with one attached hydrogen (secondary N) is 2. The first-order valence-electron chi connectivity index (χ1n) is 9.88. The van der Waals surface area contributed by atoms with Gasteiger partial charge in [0.25, 0.3) is 0 Å². The third-order valence-electron chi connectivity index (χ3n) is 5.33. The molecule has 1 aliphatic heterocycles. The zero-order chi connectivity index (χ0) is 18.5. The molecule has 4 nitrogen and oxygen atoms in total. The molecule has 27 heavy (non-hydrogen) atoms. The molecule has 1 aromatic heterocycles. The Morgan fingerprint density at radius 2 is 1.63 bits per heavy atom. The van der Waals surface area contributed by atoms with Crippen LogP contribution < -0.4 is 5.32 Å². The molecule has 0 amide bonds. The minimum Gasteiger partial charge on any atom is -0.308 e. The van der Waals surface area contributed by atoms with Gasteiger partial charge in [-0.3, -0.25) is 10.00 Å². The Morgan fingerprint density at radius 1 is 0.926 bits per heavy atom. The normalized spacial score (nSPS) is 14.7. The van der Waals surface area contributed by atoms with Crippen molar-refractivity contribution in [2.24, 2.45) is 0 Å². The highest BCUT2D eigenvalue weighted by molar-refractivity contribution is 5.62. The first-order valence-corrected chi connectivity index (χ1v) is 9.88. The molecule has 0 spiro atoms. The van der Waals surface area contributed by atoms with Crippen molar-refractivity contribution in [1.29, 1.82) is 0 Å². The van der Waals surface area contributed by atoms with Gasteiger partial charge in [0, 0.05) is 25.2 Å². The summed E-state index contributed by atoms with van der Waals surface area (Å²) in [7, 11) is 0. The zero-order valence-electron chi connectivity index (χ0n) is 16.0. The van der Waals surface area contributed by atoms with Crippen molar-refractivity contribution in [2.75, 3.05) is 13.1 Å². The molecule has 1 fully saturated rings. The Labute approximate surface area is 161 Å². The maximum absolute atomic E-state index is 4.24. The van der Waals surface area contributed by atoms with Crippen LogP contribution in [-0.2, 0) is 19.6 Å². The van der Waals surface area contributed by atoms with Gasteiger partial charge in [-0.05, 0) is 49.5 Å². The standard InChI is InChI=1S/C23H28N4/c1-18-4-10-21(11-5-18)23-22(16-25-26-23)15-24-14-19-6-8-20(9-7-19)17-27-12-2-3-13-27/h4-11,16,24H,2-3,12-15,17H2,1H3,(H,25,26). The zero-order valence-corrected chi connectivity index (χ0v) is 16.0. The average Bonchev–Trinajstić information content (AvgIpc) is 3.36. The summed E-state index contributed by atoms with van der Waals surface area (Å²) < 4.78 is 0. The second-order valence-corrected chi connectivity index (χ2v) is 7.54. The lowest BCUT2D eigenvalue weighted by Gasteiger charge is -2.14. The third kappa shape index (κ3) is 4.65. The first-order chi connectivity index (χ1) is 13.3. The molecule has 1 saturated heterocycles. The summed E-state index contributed by atoms with van der Waals surface area (Å²) in [4.78, 5) is 2.54. The van der Waals surface area contributed by atoms with E-state index in [1.165, 1.54) is 53.7 Å². The first kappa shape index (κ1) is 18.0. The van der Waals surface area contributed by atoms with Gasteiger partial charge in [-0.2, -0.15) is 5.10 Å². The molecule has 0 bridgehead atoms. The third-order valence-corrected chi connectivity index (χ3v) is 5.33. The van der Waals surface area contributed by atoms with E-state index in [1.54, 1.807) is 0 Å². The highest BCUT2D eigenvalue weighted by Crippen LogP contribution is 2.21. The Morgan fingerprint density at radius 3 is 2.37 bits per heavy atom. The Balaban J connectivity index is 1.31. The van der Waals surface area contributed by atoms with Gasteiger partial charge >= 0.3 is 0 Å². The summed E-state index contributed by atoms with van der Waals surface area (Å²) in [5, 5.41) is 10.9. The Hall–Kier alpha value is -2.43. The molecule has 1 aliphatic rings. The van der Waals surface area contributed by atoms with Crippen LogP contribution in [0.1, 0.15) is 35.1 Å². The Kier molecular flexibility index (Phi) is 5.66. The van der Waals surface area contributed by atoms with Gasteiger partial charge in [-0.25, -0.2) is 0 Å². The number of H-pyrrole nitrogens is 1. The second-order valence-electron chi connectivity index (χ2n) is 7.54. The summed E-state index contributed by atoms with van der Waals surface area (Å²) in [6, 6.07) is 17.6. The van der Waals surface area contributed by atoms with Crippen molar-refractivity contribution in [2.45, 2.75) is 39.4 Å². The van der Waals surface area contributed by atoms with E-state index in [9.17, 15) is 0 Å². The van der Waals surface area contributed by atoms with Crippen LogP contribution in [-0.4, -0.2) is 28.2 Å². The summed E-state index contributed by atoms with van der Waals surface area (Å²) in [6.45, 7) is 7.35. The molecule has 4 heteroatoms. The summed E-state index contributed by atoms with van der Waals surface area (Å²) in [5.74, 6) is 0. The van der Waals surface area contributed by atoms with E-state index >= 15 is 0 Å². The van der Waals surface area contributed by atoms with E-state index in [4.69, 9.17) is 0 Å². The number of aromatic nitrogens is 2. The van der Waals surface area contributed by atoms with Gasteiger partial charge in [0.1, 0.15) is 0 Å². The van der Waals surface area contributed by atoms with E-state index < -0.39 is 0 Å². The summed E-state index contributed by atoms with van der Waals surface area (Å²) >= 11 is 0. The number of rotatable bonds is 7. The molecule has 140 valence electrons. The predicted molar refractivity (Wildman–Crippen MR) is 110 cm³/mol. The van der Waals surface area contributed by atoms with Gasteiger partial charge in [-0.1, -0.05) is 54.1 Å². The summed E-state index contributed by atoms with van der Waals surface area (Å²) in [5.41, 5.74) is 7.48. The minimum absolute atomic E-state index is 0.801. The van der Waals surface area contributed by atoms with Gasteiger partial charge in [-0.15, -0.1) is 0 Å². The van der Waals surface area contributed by atoms with Gasteiger partial charge in [0.2, 0.25) is 0 Å². The number of hydrogen-bond acceptors (Lipinski definition) is 3. The highest BCUT2D eigenvalue weighted by atomic mass is 15.1. The van der Waals surface area contributed by atoms with Crippen molar-refractivity contribution >= 4 is 0 Å². The van der Waals surface area contributed by atoms with Crippen LogP contribution in [0, 0.1) is 6.92 Å². The van der Waals surface area contributed by atoms with Crippen molar-refractivity contribution in [1.82, 2.24) is 20.4 Å². The predicted octanol–water partition coefficient (Wildman–Crippen LogP) is 4.27. The van der Waals surface area contributed by atoms with Crippen LogP contribution >= 0.6 is 0 Å². The number of likely N-dealkylation sites (tertiary alicyclic amines) is 1. The fraction of sp³-hybridized carbons (Fsp3) is 0.348. The second kappa shape index (κ2) is 8.51. The van der Waals surface area contributed by atoms with Crippen molar-refractivity contribution in [3.05, 3.63) is 77.0 Å². The molecule has 0 radical (unpaired) electrons. The quantitative estimate of drug-likeness (QED) is 0.661. The lowest BCUT2D eigenvalue weighted by molar-refractivity contribution is 0.331. The van der Waals surface area contributed by atoms with Crippen LogP contribution in [0.4, 0.5) is 0 Å². The highest BCUT2D eigenvalue weighted by Gasteiger charge is 2.11. The molecule has 0 saturated carbocycles. The number of hydrogen-bond donors (Lipinski definition) is 2. The topological polar surface area (TPSA) is 44.0 Å². The van der Waals surface area contributed by atoms with Crippen LogP contribution in [0.3, 0.4) is 0 Å². The lowest BCUT2D eigenvalue weighted by atomic mass is 10.1. The number of nitrogens with zero attached hydrogens (tertiary/aromatic N) is 2. The van der Waals surface area contributed by atoms with E-state index in [1.807, 2.05) is 6.20 Å². The molecule has 0 atom stereocenters. The fourth-order valence-electron chi connectivity index (χ4n) is 3.72. The smallest absolute Gasteiger partial charge is 0.0695 e. The minimum atomic E-state index is 0.801. The molecule has 3 aromatic rings. The number of aromatic amines is 1. The summed E-state index contributed by atoms with van der Waals surface area (Å²) in [6.07, 6.45) is 4.61. The molecule has 4 rings (SSSR count). The van der Waals surface area contributed by atoms with Crippen molar-refractivity contribution < 1.29 is 0 Å². The van der Waals surface area contributed by atoms with Crippen LogP contribution in [0.15, 0.2) is 54.7 Å². The maximum Gasteiger partial charge on any atom is 0.0695 e. The lowest BCUT2D eigenvalue weighted by Crippen LogP contribution is -2.18. The molecular weight excluding hydrogens is 332 g/mol. The SMILES string of the molecule is Cc1ccc(-c2[nH]ncc2CNCc2ccc(CN3CCCC3)cc2)cc1. The molecule has 0 unspecified atom stereocenters. The Bertz CT molecular complexity index is 843. The number of benzene rings is 2. The van der Waals surface area contributed by atoms with Crippen LogP contribution in [0.25, 0.3) is 11.3 Å². The van der Waals surface area contributed by atoms with Crippen molar-refractivity contribution in [3.8, 4) is 11.3 Å². The van der Waals surface area contributed by atoms with Crippen LogP contribution in [0.2, 0.25) is 0 Å². The largest absolute Gasteiger partial charge is 0.308 e. The monoisotopic (exact) mass is 360 g/mol. The number of aryl methyl sites for hydroxylation is 1. The average molecular weight is 361 g/mol. The maximum atomic E-state index is 4.24. The molecule has 2 heterocycles. The molecule has 2 N–H and O–H groups in total. The van der Waals surface area contributed by atoms with Gasteiger partial charge in [0.05, 0.1) is 11.9 Å². The van der Waals surface area contributed by atoms with E-state index in [2.05, 4.69) is 75.9 Å². The van der Waals surface area contributed by atoms with Crippen LogP contribution in [0.5, 0.6) is 0 Å². The fourth-order valence-corrected chi connectivity index (χ4v) is 3.72. The molecular formula is C23H28N4. The van der Waals surface area contributed by atoms with E-state index in [-0.39, 0.29) is 0 Å². The molecule has 0 aliphatic carbocycles. The van der Waals surface area contributed by atoms with E-state index in [0.29, 0.717) is 0 Å². The van der Waals surface area contributed by atoms with Gasteiger partial charge in [0.15, 0.2) is 0 Å². The van der Waals surface area contributed by atoms with Gasteiger partial charge < -0.3 is 5.32 Å². The van der Waals surface area contributed by atoms with Crippen molar-refractivity contribution in [3.63, 3.8) is 0 Å².